The fourth-order valence-corrected chi connectivity index (χ4v) is 2.84. The van der Waals surface area contributed by atoms with E-state index in [2.05, 4.69) is 13.8 Å². The van der Waals surface area contributed by atoms with Gasteiger partial charge in [0.15, 0.2) is 0 Å². The molecule has 2 unspecified atom stereocenters. The van der Waals surface area contributed by atoms with Crippen LogP contribution in [-0.2, 0) is 19.1 Å². The Morgan fingerprint density at radius 2 is 1.27 bits per heavy atom. The lowest BCUT2D eigenvalue weighted by atomic mass is 9.94. The van der Waals surface area contributed by atoms with Crippen molar-refractivity contribution in [3.63, 3.8) is 0 Å². The van der Waals surface area contributed by atoms with Crippen LogP contribution in [0.25, 0.3) is 0 Å². The molecule has 0 aromatic carbocycles. The van der Waals surface area contributed by atoms with Gasteiger partial charge in [0, 0.05) is 19.3 Å². The molecule has 1 aliphatic carbocycles. The monoisotopic (exact) mass is 312 g/mol. The summed E-state index contributed by atoms with van der Waals surface area (Å²) in [6, 6.07) is 0. The van der Waals surface area contributed by atoms with Crippen molar-refractivity contribution in [1.82, 2.24) is 0 Å². The van der Waals surface area contributed by atoms with Crippen LogP contribution >= 0.6 is 0 Å². The summed E-state index contributed by atoms with van der Waals surface area (Å²) in [6.45, 7) is 4.23. The Morgan fingerprint density at radius 3 is 1.68 bits per heavy atom. The highest BCUT2D eigenvalue weighted by atomic mass is 16.6. The molecule has 0 radical (unpaired) electrons. The number of unbranched alkanes of at least 4 members (excludes halogenated alkanes) is 4. The second-order valence-corrected chi connectivity index (χ2v) is 6.30. The molecule has 1 fully saturated rings. The molecule has 0 heterocycles. The van der Waals surface area contributed by atoms with Crippen molar-refractivity contribution in [2.45, 2.75) is 103 Å². The Labute approximate surface area is 134 Å². The zero-order chi connectivity index (χ0) is 16.2. The summed E-state index contributed by atoms with van der Waals surface area (Å²) >= 11 is 0. The fourth-order valence-electron chi connectivity index (χ4n) is 2.84. The predicted octanol–water partition coefficient (Wildman–Crippen LogP) is 4.54. The topological polar surface area (TPSA) is 52.6 Å². The van der Waals surface area contributed by atoms with Crippen LogP contribution in [-0.4, -0.2) is 24.1 Å². The lowest BCUT2D eigenvalue weighted by molar-refractivity contribution is -0.158. The van der Waals surface area contributed by atoms with Gasteiger partial charge in [-0.25, -0.2) is 0 Å². The van der Waals surface area contributed by atoms with Gasteiger partial charge in [-0.2, -0.15) is 0 Å². The standard InChI is InChI=1S/C18H32O4/c1-3-5-7-12-17(19)21-15-10-9-11-16(14-15)22-18(20)13-8-6-4-2/h15-16H,3-14H2,1-2H3. The van der Waals surface area contributed by atoms with E-state index in [1.165, 1.54) is 0 Å². The quantitative estimate of drug-likeness (QED) is 0.439. The van der Waals surface area contributed by atoms with Gasteiger partial charge in [-0.15, -0.1) is 0 Å². The van der Waals surface area contributed by atoms with Crippen molar-refractivity contribution < 1.29 is 19.1 Å². The van der Waals surface area contributed by atoms with E-state index >= 15 is 0 Å². The van der Waals surface area contributed by atoms with Crippen molar-refractivity contribution in [1.29, 1.82) is 0 Å². The van der Waals surface area contributed by atoms with E-state index in [4.69, 9.17) is 9.47 Å². The van der Waals surface area contributed by atoms with Gasteiger partial charge >= 0.3 is 11.9 Å². The number of esters is 2. The first-order chi connectivity index (χ1) is 10.7. The van der Waals surface area contributed by atoms with Crippen LogP contribution < -0.4 is 0 Å². The minimum absolute atomic E-state index is 0.0729. The summed E-state index contributed by atoms with van der Waals surface area (Å²) < 4.78 is 11.0. The van der Waals surface area contributed by atoms with Gasteiger partial charge in [-0.05, 0) is 32.1 Å². The van der Waals surface area contributed by atoms with Crippen molar-refractivity contribution in [3.05, 3.63) is 0 Å². The van der Waals surface area contributed by atoms with E-state index in [0.717, 1.165) is 57.8 Å². The van der Waals surface area contributed by atoms with Crippen molar-refractivity contribution >= 4 is 11.9 Å². The molecule has 22 heavy (non-hydrogen) atoms. The second-order valence-electron chi connectivity index (χ2n) is 6.30. The zero-order valence-corrected chi connectivity index (χ0v) is 14.3. The minimum Gasteiger partial charge on any atom is -0.462 e. The van der Waals surface area contributed by atoms with Gasteiger partial charge in [0.25, 0.3) is 0 Å². The summed E-state index contributed by atoms with van der Waals surface area (Å²) in [5.41, 5.74) is 0. The molecule has 1 saturated carbocycles. The van der Waals surface area contributed by atoms with Gasteiger partial charge in [-0.1, -0.05) is 39.5 Å². The number of hydrogen-bond donors (Lipinski definition) is 0. The average molecular weight is 312 g/mol. The molecule has 0 aromatic heterocycles. The summed E-state index contributed by atoms with van der Waals surface area (Å²) in [5.74, 6) is -0.207. The first kappa shape index (κ1) is 19.0. The highest BCUT2D eigenvalue weighted by Crippen LogP contribution is 2.24. The zero-order valence-electron chi connectivity index (χ0n) is 14.3. The molecule has 0 saturated heterocycles. The number of rotatable bonds is 10. The molecule has 0 aromatic rings. The summed E-state index contributed by atoms with van der Waals surface area (Å²) in [7, 11) is 0. The maximum absolute atomic E-state index is 11.8. The lowest BCUT2D eigenvalue weighted by Gasteiger charge is -2.28. The Morgan fingerprint density at radius 1 is 0.818 bits per heavy atom. The van der Waals surface area contributed by atoms with Crippen LogP contribution in [0.2, 0.25) is 0 Å². The van der Waals surface area contributed by atoms with Crippen LogP contribution in [0.5, 0.6) is 0 Å². The SMILES string of the molecule is CCCCCC(=O)OC1CCCC(OC(=O)CCCCC)C1. The van der Waals surface area contributed by atoms with E-state index in [1.807, 2.05) is 0 Å². The highest BCUT2D eigenvalue weighted by Gasteiger charge is 2.27. The summed E-state index contributed by atoms with van der Waals surface area (Å²) in [5, 5.41) is 0. The van der Waals surface area contributed by atoms with E-state index in [0.29, 0.717) is 19.3 Å². The normalized spacial score (nSPS) is 21.4. The Balaban J connectivity index is 2.23. The fraction of sp³-hybridized carbons (Fsp3) is 0.889. The lowest BCUT2D eigenvalue weighted by Crippen LogP contribution is -2.31. The molecule has 2 atom stereocenters. The van der Waals surface area contributed by atoms with Crippen LogP contribution in [0, 0.1) is 0 Å². The summed E-state index contributed by atoms with van der Waals surface area (Å²) in [4.78, 5) is 23.5. The molecule has 0 bridgehead atoms. The molecule has 0 aliphatic heterocycles. The van der Waals surface area contributed by atoms with Crippen LogP contribution in [0.3, 0.4) is 0 Å². The molecule has 1 rings (SSSR count). The maximum atomic E-state index is 11.8. The molecule has 0 N–H and O–H groups in total. The van der Waals surface area contributed by atoms with Crippen LogP contribution in [0.15, 0.2) is 0 Å². The van der Waals surface area contributed by atoms with E-state index in [9.17, 15) is 9.59 Å². The van der Waals surface area contributed by atoms with Crippen LogP contribution in [0.4, 0.5) is 0 Å². The number of carbonyl (C=O) groups excluding carboxylic acids is 2. The molecule has 0 amide bonds. The van der Waals surface area contributed by atoms with Crippen molar-refractivity contribution in [2.24, 2.45) is 0 Å². The van der Waals surface area contributed by atoms with Crippen molar-refractivity contribution in [2.75, 3.05) is 0 Å². The molecule has 4 nitrogen and oxygen atoms in total. The van der Waals surface area contributed by atoms with Crippen molar-refractivity contribution in [3.8, 4) is 0 Å². The van der Waals surface area contributed by atoms with Gasteiger partial charge in [0.2, 0.25) is 0 Å². The number of ether oxygens (including phenoxy) is 2. The molecule has 128 valence electrons. The maximum Gasteiger partial charge on any atom is 0.306 e. The molecular formula is C18H32O4. The third-order valence-electron chi connectivity index (χ3n) is 4.14. The Bertz CT molecular complexity index is 297. The third kappa shape index (κ3) is 8.40. The first-order valence-corrected chi connectivity index (χ1v) is 9.04. The molecule has 1 aliphatic rings. The average Bonchev–Trinajstić information content (AvgIpc) is 2.48. The van der Waals surface area contributed by atoms with Gasteiger partial charge in [0.1, 0.15) is 12.2 Å². The Hall–Kier alpha value is -1.06. The molecule has 0 spiro atoms. The summed E-state index contributed by atoms with van der Waals surface area (Å²) in [6.07, 6.45) is 10.4. The van der Waals surface area contributed by atoms with Gasteiger partial charge < -0.3 is 9.47 Å². The highest BCUT2D eigenvalue weighted by molar-refractivity contribution is 5.70. The van der Waals surface area contributed by atoms with E-state index < -0.39 is 0 Å². The van der Waals surface area contributed by atoms with Gasteiger partial charge in [-0.3, -0.25) is 9.59 Å². The third-order valence-corrected chi connectivity index (χ3v) is 4.14. The first-order valence-electron chi connectivity index (χ1n) is 9.04. The van der Waals surface area contributed by atoms with E-state index in [1.54, 1.807) is 0 Å². The second kappa shape index (κ2) is 11.5. The Kier molecular flexibility index (Phi) is 9.93. The predicted molar refractivity (Wildman–Crippen MR) is 86.5 cm³/mol. The molecule has 4 heteroatoms. The smallest absolute Gasteiger partial charge is 0.306 e. The molecular weight excluding hydrogens is 280 g/mol. The minimum atomic E-state index is -0.103. The number of hydrogen-bond acceptors (Lipinski definition) is 4. The van der Waals surface area contributed by atoms with Crippen LogP contribution in [0.1, 0.15) is 90.9 Å². The van der Waals surface area contributed by atoms with E-state index in [-0.39, 0.29) is 24.1 Å². The number of carbonyl (C=O) groups is 2. The largest absolute Gasteiger partial charge is 0.462 e. The van der Waals surface area contributed by atoms with Gasteiger partial charge in [0.05, 0.1) is 0 Å².